The van der Waals surface area contributed by atoms with Crippen molar-refractivity contribution in [2.45, 2.75) is 29.7 Å². The molecule has 2 N–H and O–H groups in total. The Balaban J connectivity index is 1.40. The van der Waals surface area contributed by atoms with Gasteiger partial charge in [-0.05, 0) is 61.0 Å². The lowest BCUT2D eigenvalue weighted by Crippen LogP contribution is -2.33. The maximum Gasteiger partial charge on any atom is 0.308 e. The molecule has 11 heteroatoms. The molecule has 0 aliphatic carbocycles. The number of rotatable bonds is 5. The molecule has 4 aromatic rings. The number of fused-ring (bicyclic) bond motifs is 2. The van der Waals surface area contributed by atoms with Crippen molar-refractivity contribution in [3.8, 4) is 5.75 Å². The van der Waals surface area contributed by atoms with E-state index >= 15 is 0 Å². The number of phenols is 1. The van der Waals surface area contributed by atoms with Gasteiger partial charge in [0.1, 0.15) is 17.5 Å². The van der Waals surface area contributed by atoms with E-state index in [1.165, 1.54) is 21.6 Å². The molecular formula is C29H22ClN3O5S2. The first kappa shape index (κ1) is 26.4. The zero-order chi connectivity index (χ0) is 28.1. The molecule has 202 valence electrons. The average molecular weight is 592 g/mol. The average Bonchev–Trinajstić information content (AvgIpc) is 3.37. The van der Waals surface area contributed by atoms with E-state index in [9.17, 15) is 24.3 Å². The highest BCUT2D eigenvalue weighted by atomic mass is 35.5. The number of aromatic hydroxyl groups is 1. The molecule has 6 rings (SSSR count). The number of thiazole rings is 1. The number of aromatic nitrogens is 1. The van der Waals surface area contributed by atoms with Crippen molar-refractivity contribution in [2.75, 3.05) is 10.2 Å². The van der Waals surface area contributed by atoms with Gasteiger partial charge in [-0.2, -0.15) is 0 Å². The van der Waals surface area contributed by atoms with E-state index < -0.39 is 23.0 Å². The predicted molar refractivity (Wildman–Crippen MR) is 155 cm³/mol. The van der Waals surface area contributed by atoms with Crippen LogP contribution >= 0.6 is 34.7 Å². The Hall–Kier alpha value is -3.86. The van der Waals surface area contributed by atoms with Crippen LogP contribution in [0.15, 0.2) is 82.6 Å². The molecule has 40 heavy (non-hydrogen) atoms. The van der Waals surface area contributed by atoms with E-state index in [2.05, 4.69) is 5.32 Å². The highest BCUT2D eigenvalue weighted by Crippen LogP contribution is 2.53. The number of imide groups is 1. The summed E-state index contributed by atoms with van der Waals surface area (Å²) in [5.41, 5.74) is 2.73. The van der Waals surface area contributed by atoms with E-state index in [0.717, 1.165) is 34.2 Å². The third-order valence-corrected chi connectivity index (χ3v) is 9.88. The number of carbonyl (C=O) groups excluding carboxylic acids is 3. The molecule has 3 aromatic carbocycles. The molecule has 1 saturated heterocycles. The molecule has 0 saturated carbocycles. The van der Waals surface area contributed by atoms with Crippen molar-refractivity contribution in [3.63, 3.8) is 0 Å². The van der Waals surface area contributed by atoms with Crippen LogP contribution in [0.1, 0.15) is 21.9 Å². The SMILES string of the molecule is Cc1ccc(N2C(=O)C3Sc4c(sc(=O)n4CC(=O)Nc4ccc(O)cc4)C(c4ccc(Cl)cc4)C3C2=O)cc1. The van der Waals surface area contributed by atoms with Crippen LogP contribution in [0.3, 0.4) is 0 Å². The molecule has 2 aliphatic rings. The molecule has 0 spiro atoms. The fraction of sp³-hybridized carbons (Fsp3) is 0.172. The summed E-state index contributed by atoms with van der Waals surface area (Å²) in [6.45, 7) is 1.66. The standard InChI is InChI=1S/C29H22ClN3O5S2/c1-15-2-10-19(11-3-15)33-26(36)23-22(16-4-6-17(30)7-5-16)25-28(39-24(23)27(33)37)32(29(38)40-25)14-21(35)31-18-8-12-20(34)13-9-18/h2-13,22-24,34H,14H2,1H3,(H,31,35). The van der Waals surface area contributed by atoms with Crippen LogP contribution in [-0.4, -0.2) is 32.6 Å². The number of hydrogen-bond acceptors (Lipinski definition) is 7. The molecule has 3 heterocycles. The second-order valence-electron chi connectivity index (χ2n) is 9.66. The normalized spacial score (nSPS) is 19.9. The lowest BCUT2D eigenvalue weighted by molar-refractivity contribution is -0.122. The summed E-state index contributed by atoms with van der Waals surface area (Å²) in [5.74, 6) is -2.35. The van der Waals surface area contributed by atoms with Gasteiger partial charge in [0.2, 0.25) is 17.7 Å². The molecule has 3 unspecified atom stereocenters. The molecule has 3 amide bonds. The van der Waals surface area contributed by atoms with Crippen molar-refractivity contribution < 1.29 is 19.5 Å². The molecule has 1 fully saturated rings. The first-order valence-corrected chi connectivity index (χ1v) is 14.5. The summed E-state index contributed by atoms with van der Waals surface area (Å²) in [6.07, 6.45) is 0. The van der Waals surface area contributed by atoms with Gasteiger partial charge in [-0.25, -0.2) is 4.90 Å². The molecule has 1 aromatic heterocycles. The van der Waals surface area contributed by atoms with Gasteiger partial charge < -0.3 is 10.4 Å². The van der Waals surface area contributed by atoms with Gasteiger partial charge in [0.15, 0.2) is 0 Å². The van der Waals surface area contributed by atoms with Gasteiger partial charge in [-0.3, -0.25) is 23.7 Å². The van der Waals surface area contributed by atoms with Gasteiger partial charge in [0, 0.05) is 21.5 Å². The summed E-state index contributed by atoms with van der Waals surface area (Å²) in [4.78, 5) is 55.3. The van der Waals surface area contributed by atoms with Crippen molar-refractivity contribution in [1.29, 1.82) is 0 Å². The third kappa shape index (κ3) is 4.61. The number of benzene rings is 3. The summed E-state index contributed by atoms with van der Waals surface area (Å²) in [5, 5.41) is 12.5. The Morgan fingerprint density at radius 3 is 2.30 bits per heavy atom. The van der Waals surface area contributed by atoms with Crippen molar-refractivity contribution >= 4 is 63.8 Å². The second kappa shape index (κ2) is 10.3. The van der Waals surface area contributed by atoms with Gasteiger partial charge in [-0.15, -0.1) is 0 Å². The third-order valence-electron chi connectivity index (χ3n) is 7.02. The monoisotopic (exact) mass is 591 g/mol. The van der Waals surface area contributed by atoms with E-state index in [1.807, 2.05) is 31.2 Å². The van der Waals surface area contributed by atoms with Crippen LogP contribution in [0.5, 0.6) is 5.75 Å². The number of halogens is 1. The van der Waals surface area contributed by atoms with E-state index in [-0.39, 0.29) is 29.0 Å². The Morgan fingerprint density at radius 1 is 0.950 bits per heavy atom. The van der Waals surface area contributed by atoms with Gasteiger partial charge in [0.25, 0.3) is 0 Å². The van der Waals surface area contributed by atoms with Crippen molar-refractivity contribution in [2.24, 2.45) is 5.92 Å². The number of anilines is 2. The number of carbonyl (C=O) groups is 3. The Morgan fingerprint density at radius 2 is 1.62 bits per heavy atom. The van der Waals surface area contributed by atoms with Crippen LogP contribution in [0.25, 0.3) is 0 Å². The highest BCUT2D eigenvalue weighted by molar-refractivity contribution is 8.00. The number of nitrogens with one attached hydrogen (secondary N) is 1. The Kier molecular flexibility index (Phi) is 6.77. The van der Waals surface area contributed by atoms with Crippen LogP contribution in [-0.2, 0) is 20.9 Å². The van der Waals surface area contributed by atoms with Crippen LogP contribution in [0, 0.1) is 12.8 Å². The lowest BCUT2D eigenvalue weighted by atomic mass is 9.83. The fourth-order valence-electron chi connectivity index (χ4n) is 5.12. The van der Waals surface area contributed by atoms with E-state index in [0.29, 0.717) is 26.3 Å². The first-order valence-electron chi connectivity index (χ1n) is 12.4. The zero-order valence-electron chi connectivity index (χ0n) is 21.0. The van der Waals surface area contributed by atoms with Gasteiger partial charge in [-0.1, -0.05) is 64.5 Å². The molecule has 8 nitrogen and oxygen atoms in total. The van der Waals surface area contributed by atoms with Crippen LogP contribution in [0.2, 0.25) is 5.02 Å². The Bertz CT molecular complexity index is 1700. The summed E-state index contributed by atoms with van der Waals surface area (Å²) >= 11 is 8.29. The van der Waals surface area contributed by atoms with Gasteiger partial charge in [0.05, 0.1) is 16.6 Å². The summed E-state index contributed by atoms with van der Waals surface area (Å²) in [7, 11) is 0. The maximum absolute atomic E-state index is 13.9. The number of hydrogen-bond donors (Lipinski definition) is 2. The van der Waals surface area contributed by atoms with Crippen molar-refractivity contribution in [3.05, 3.63) is 103 Å². The smallest absolute Gasteiger partial charge is 0.308 e. The van der Waals surface area contributed by atoms with Crippen LogP contribution < -0.4 is 15.1 Å². The maximum atomic E-state index is 13.9. The minimum absolute atomic E-state index is 0.0655. The minimum Gasteiger partial charge on any atom is -0.508 e. The Labute approximate surface area is 242 Å². The quantitative estimate of drug-likeness (QED) is 0.249. The molecular weight excluding hydrogens is 570 g/mol. The number of thioether (sulfide) groups is 1. The highest BCUT2D eigenvalue weighted by Gasteiger charge is 2.56. The topological polar surface area (TPSA) is 109 Å². The number of nitrogens with zero attached hydrogens (tertiary/aromatic N) is 2. The van der Waals surface area contributed by atoms with Gasteiger partial charge >= 0.3 is 4.87 Å². The van der Waals surface area contributed by atoms with E-state index in [1.54, 1.807) is 36.4 Å². The molecule has 2 aliphatic heterocycles. The minimum atomic E-state index is -0.776. The second-order valence-corrected chi connectivity index (χ2v) is 12.2. The van der Waals surface area contributed by atoms with Crippen molar-refractivity contribution in [1.82, 2.24) is 4.57 Å². The zero-order valence-corrected chi connectivity index (χ0v) is 23.4. The van der Waals surface area contributed by atoms with Crippen LogP contribution in [0.4, 0.5) is 11.4 Å². The fourth-order valence-corrected chi connectivity index (χ4v) is 8.02. The first-order chi connectivity index (χ1) is 19.2. The molecule has 3 atom stereocenters. The number of aryl methyl sites for hydroxylation is 1. The molecule has 0 radical (unpaired) electrons. The summed E-state index contributed by atoms with van der Waals surface area (Å²) < 4.78 is 1.37. The largest absolute Gasteiger partial charge is 0.508 e. The molecule has 0 bridgehead atoms. The number of phenolic OH excluding ortho intramolecular Hbond substituents is 1. The lowest BCUT2D eigenvalue weighted by Gasteiger charge is -2.30. The predicted octanol–water partition coefficient (Wildman–Crippen LogP) is 5.01. The summed E-state index contributed by atoms with van der Waals surface area (Å²) in [6, 6.07) is 20.3. The number of amides is 3. The van der Waals surface area contributed by atoms with E-state index in [4.69, 9.17) is 11.6 Å².